The molecule has 0 atom stereocenters. The van der Waals surface area contributed by atoms with E-state index in [4.69, 9.17) is 17.2 Å². The predicted molar refractivity (Wildman–Crippen MR) is 135 cm³/mol. The van der Waals surface area contributed by atoms with Gasteiger partial charge in [0.05, 0.1) is 10.5 Å². The number of pyridine rings is 1. The van der Waals surface area contributed by atoms with Crippen molar-refractivity contribution in [2.45, 2.75) is 32.6 Å². The first-order chi connectivity index (χ1) is 15.5. The molecule has 0 saturated carbocycles. The summed E-state index contributed by atoms with van der Waals surface area (Å²) in [7, 11) is 2.09. The van der Waals surface area contributed by atoms with Crippen LogP contribution in [-0.4, -0.2) is 69.2 Å². The van der Waals surface area contributed by atoms with Crippen molar-refractivity contribution in [3.05, 3.63) is 45.2 Å². The Morgan fingerprint density at radius 3 is 2.66 bits per heavy atom. The van der Waals surface area contributed by atoms with Gasteiger partial charge in [-0.2, -0.15) is 0 Å². The summed E-state index contributed by atoms with van der Waals surface area (Å²) >= 11 is 6.76. The topological polar surface area (TPSA) is 61.2 Å². The van der Waals surface area contributed by atoms with Crippen LogP contribution in [0.1, 0.15) is 38.2 Å². The number of aromatic nitrogens is 2. The molecule has 7 nitrogen and oxygen atoms in total. The fraction of sp³-hybridized carbons (Fsp3) is 0.478. The molecule has 2 aliphatic rings. The van der Waals surface area contributed by atoms with Crippen LogP contribution in [0.2, 0.25) is 0 Å². The molecule has 2 fully saturated rings. The van der Waals surface area contributed by atoms with E-state index in [0.717, 1.165) is 51.9 Å². The fourth-order valence-electron chi connectivity index (χ4n) is 4.00. The molecule has 0 aromatic carbocycles. The monoisotopic (exact) mass is 471 g/mol. The zero-order valence-corrected chi connectivity index (χ0v) is 20.3. The van der Waals surface area contributed by atoms with E-state index >= 15 is 0 Å². The number of thiocarbonyl (C=S) groups is 1. The van der Waals surface area contributed by atoms with Crippen molar-refractivity contribution in [3.8, 4) is 0 Å². The molecule has 0 unspecified atom stereocenters. The average molecular weight is 472 g/mol. The van der Waals surface area contributed by atoms with E-state index in [9.17, 15) is 9.59 Å². The highest BCUT2D eigenvalue weighted by Gasteiger charge is 2.32. The molecule has 2 aliphatic heterocycles. The van der Waals surface area contributed by atoms with Crippen molar-refractivity contribution in [1.29, 1.82) is 0 Å². The molecule has 2 saturated heterocycles. The molecule has 0 N–H and O–H groups in total. The highest BCUT2D eigenvalue weighted by Crippen LogP contribution is 2.33. The van der Waals surface area contributed by atoms with E-state index in [1.165, 1.54) is 16.2 Å². The van der Waals surface area contributed by atoms with Gasteiger partial charge >= 0.3 is 0 Å². The van der Waals surface area contributed by atoms with E-state index in [1.807, 2.05) is 18.2 Å². The number of carbonyl (C=O) groups excluding carboxylic acids is 1. The zero-order valence-electron chi connectivity index (χ0n) is 18.6. The molecule has 4 rings (SSSR count). The summed E-state index contributed by atoms with van der Waals surface area (Å²) < 4.78 is 2.10. The Balaban J connectivity index is 1.70. The summed E-state index contributed by atoms with van der Waals surface area (Å²) in [6.45, 7) is 6.15. The number of piperazine rings is 1. The normalized spacial score (nSPS) is 19.0. The number of nitrogens with zero attached hydrogens (tertiary/aromatic N) is 5. The van der Waals surface area contributed by atoms with E-state index in [0.29, 0.717) is 32.8 Å². The molecule has 32 heavy (non-hydrogen) atoms. The van der Waals surface area contributed by atoms with Gasteiger partial charge in [0, 0.05) is 38.9 Å². The summed E-state index contributed by atoms with van der Waals surface area (Å²) in [5, 5.41) is 0. The first-order valence-electron chi connectivity index (χ1n) is 11.2. The van der Waals surface area contributed by atoms with E-state index in [1.54, 1.807) is 17.2 Å². The molecule has 0 spiro atoms. The van der Waals surface area contributed by atoms with Gasteiger partial charge in [-0.3, -0.25) is 18.9 Å². The Bertz CT molecular complexity index is 1110. The van der Waals surface area contributed by atoms with Crippen molar-refractivity contribution < 1.29 is 4.79 Å². The number of anilines is 1. The number of likely N-dealkylation sites (N-methyl/N-ethyl adjacent to an activating group) is 1. The molecule has 0 radical (unpaired) electrons. The minimum atomic E-state index is -0.169. The Morgan fingerprint density at radius 2 is 1.91 bits per heavy atom. The predicted octanol–water partition coefficient (Wildman–Crippen LogP) is 3.23. The number of rotatable bonds is 7. The largest absolute Gasteiger partial charge is 0.353 e. The van der Waals surface area contributed by atoms with Crippen LogP contribution in [0.15, 0.2) is 34.1 Å². The third kappa shape index (κ3) is 4.74. The summed E-state index contributed by atoms with van der Waals surface area (Å²) in [6.07, 6.45) is 7.73. The first kappa shape index (κ1) is 22.9. The zero-order chi connectivity index (χ0) is 22.7. The Hall–Kier alpha value is -2.23. The van der Waals surface area contributed by atoms with Crippen LogP contribution in [0.3, 0.4) is 0 Å². The number of carbonyl (C=O) groups is 1. The van der Waals surface area contributed by atoms with Gasteiger partial charge in [-0.15, -0.1) is 0 Å². The van der Waals surface area contributed by atoms with Gasteiger partial charge < -0.3 is 9.80 Å². The standard InChI is InChI=1S/C23H29N5O2S2/c1-3-4-5-7-11-28-22(30)18(32-23(28)31)16-17-20(26-14-12-25(2)13-15-26)24-19-9-6-8-10-27(19)21(17)29/h6,8-10,16H,3-5,7,11-15H2,1-2H3. The van der Waals surface area contributed by atoms with Crippen LogP contribution in [0.5, 0.6) is 0 Å². The minimum Gasteiger partial charge on any atom is -0.353 e. The minimum absolute atomic E-state index is 0.113. The summed E-state index contributed by atoms with van der Waals surface area (Å²) in [5.41, 5.74) is 0.884. The summed E-state index contributed by atoms with van der Waals surface area (Å²) in [5.74, 6) is 0.529. The van der Waals surface area contributed by atoms with Crippen molar-refractivity contribution in [2.75, 3.05) is 44.7 Å². The maximum atomic E-state index is 13.4. The van der Waals surface area contributed by atoms with E-state index in [2.05, 4.69) is 23.8 Å². The van der Waals surface area contributed by atoms with Crippen molar-refractivity contribution in [1.82, 2.24) is 19.2 Å². The van der Waals surface area contributed by atoms with Crippen LogP contribution in [0, 0.1) is 0 Å². The summed E-state index contributed by atoms with van der Waals surface area (Å²) in [6, 6.07) is 5.52. The second-order valence-electron chi connectivity index (χ2n) is 8.27. The van der Waals surface area contributed by atoms with Gasteiger partial charge in [0.2, 0.25) is 0 Å². The quantitative estimate of drug-likeness (QED) is 0.349. The smallest absolute Gasteiger partial charge is 0.267 e. The van der Waals surface area contributed by atoms with Gasteiger partial charge in [-0.25, -0.2) is 4.98 Å². The number of hydrogen-bond acceptors (Lipinski definition) is 7. The molecular weight excluding hydrogens is 442 g/mol. The van der Waals surface area contributed by atoms with Gasteiger partial charge in [-0.05, 0) is 31.7 Å². The van der Waals surface area contributed by atoms with Gasteiger partial charge in [0.1, 0.15) is 15.8 Å². The Labute approximate surface area is 198 Å². The second kappa shape index (κ2) is 10.1. The molecule has 0 bridgehead atoms. The van der Waals surface area contributed by atoms with Gasteiger partial charge in [-0.1, -0.05) is 56.2 Å². The Kier molecular flexibility index (Phi) is 7.27. The second-order valence-corrected chi connectivity index (χ2v) is 9.94. The van der Waals surface area contributed by atoms with E-state index < -0.39 is 0 Å². The molecule has 2 aromatic rings. The molecular formula is C23H29N5O2S2. The molecule has 0 aliphatic carbocycles. The lowest BCUT2D eigenvalue weighted by atomic mass is 10.2. The van der Waals surface area contributed by atoms with Gasteiger partial charge in [0.15, 0.2) is 0 Å². The number of thioether (sulfide) groups is 1. The SMILES string of the molecule is CCCCCCN1C(=O)C(=Cc2c(N3CCN(C)CC3)nc3ccccn3c2=O)SC1=S. The number of hydrogen-bond donors (Lipinski definition) is 0. The van der Waals surface area contributed by atoms with Crippen LogP contribution >= 0.6 is 24.0 Å². The van der Waals surface area contributed by atoms with Crippen molar-refractivity contribution in [2.24, 2.45) is 0 Å². The lowest BCUT2D eigenvalue weighted by molar-refractivity contribution is -0.122. The third-order valence-corrected chi connectivity index (χ3v) is 7.31. The number of fused-ring (bicyclic) bond motifs is 1. The van der Waals surface area contributed by atoms with Crippen LogP contribution in [0.4, 0.5) is 5.82 Å². The molecule has 2 aromatic heterocycles. The maximum absolute atomic E-state index is 13.4. The lowest BCUT2D eigenvalue weighted by Gasteiger charge is -2.34. The average Bonchev–Trinajstić information content (AvgIpc) is 3.06. The van der Waals surface area contributed by atoms with Crippen molar-refractivity contribution in [3.63, 3.8) is 0 Å². The molecule has 4 heterocycles. The highest BCUT2D eigenvalue weighted by atomic mass is 32.2. The Morgan fingerprint density at radius 1 is 1.12 bits per heavy atom. The fourth-order valence-corrected chi connectivity index (χ4v) is 5.29. The molecule has 9 heteroatoms. The van der Waals surface area contributed by atoms with Crippen LogP contribution in [-0.2, 0) is 4.79 Å². The highest BCUT2D eigenvalue weighted by molar-refractivity contribution is 8.26. The molecule has 170 valence electrons. The van der Waals surface area contributed by atoms with E-state index in [-0.39, 0.29) is 11.5 Å². The number of amides is 1. The lowest BCUT2D eigenvalue weighted by Crippen LogP contribution is -2.45. The van der Waals surface area contributed by atoms with Crippen LogP contribution < -0.4 is 10.5 Å². The van der Waals surface area contributed by atoms with Crippen LogP contribution in [0.25, 0.3) is 11.7 Å². The third-order valence-electron chi connectivity index (χ3n) is 5.94. The van der Waals surface area contributed by atoms with Gasteiger partial charge in [0.25, 0.3) is 11.5 Å². The van der Waals surface area contributed by atoms with Crippen molar-refractivity contribution >= 4 is 51.7 Å². The first-order valence-corrected chi connectivity index (χ1v) is 12.4. The molecule has 1 amide bonds. The summed E-state index contributed by atoms with van der Waals surface area (Å²) in [4.78, 5) is 37.9. The maximum Gasteiger partial charge on any atom is 0.267 e. The number of unbranched alkanes of at least 4 members (excludes halogenated alkanes) is 3.